The molecule has 0 radical (unpaired) electrons. The molecule has 1 aromatic heterocycles. The molecule has 0 aliphatic rings. The topological polar surface area (TPSA) is 31.4 Å². The number of rotatable bonds is 6. The maximum Gasteiger partial charge on any atom is 0.128 e. The fourth-order valence-electron chi connectivity index (χ4n) is 1.45. The van der Waals surface area contributed by atoms with Crippen molar-refractivity contribution in [1.29, 1.82) is 0 Å². The van der Waals surface area contributed by atoms with Crippen molar-refractivity contribution in [2.75, 3.05) is 46.2 Å². The number of nitrogens with zero attached hydrogens (tertiary/aromatic N) is 3. The van der Waals surface area contributed by atoms with Crippen LogP contribution in [0.25, 0.3) is 0 Å². The third-order valence-electron chi connectivity index (χ3n) is 2.46. The first-order valence-electron chi connectivity index (χ1n) is 5.59. The molecule has 0 aromatic carbocycles. The van der Waals surface area contributed by atoms with Gasteiger partial charge in [-0.1, -0.05) is 0 Å². The molecule has 4 nitrogen and oxygen atoms in total. The van der Waals surface area contributed by atoms with Crippen molar-refractivity contribution >= 4 is 5.82 Å². The Bertz CT molecular complexity index is 312. The van der Waals surface area contributed by atoms with Gasteiger partial charge in [0.05, 0.1) is 0 Å². The summed E-state index contributed by atoms with van der Waals surface area (Å²) in [5, 5.41) is 3.15. The molecule has 1 N–H and O–H groups in total. The van der Waals surface area contributed by atoms with Crippen LogP contribution in [0.4, 0.5) is 5.82 Å². The molecule has 0 aliphatic carbocycles. The summed E-state index contributed by atoms with van der Waals surface area (Å²) in [7, 11) is 8.20. The third-order valence-corrected chi connectivity index (χ3v) is 2.46. The Labute approximate surface area is 98.3 Å². The maximum atomic E-state index is 4.38. The summed E-state index contributed by atoms with van der Waals surface area (Å²) in [6.45, 7) is 2.91. The SMILES string of the molecule is CNCc1ccnc(N(C)CCN(C)C)c1. The summed E-state index contributed by atoms with van der Waals surface area (Å²) in [5.74, 6) is 1.04. The Morgan fingerprint density at radius 3 is 2.62 bits per heavy atom. The fourth-order valence-corrected chi connectivity index (χ4v) is 1.45. The first-order chi connectivity index (χ1) is 7.63. The Hall–Kier alpha value is -1.13. The van der Waals surface area contributed by atoms with E-state index in [2.05, 4.69) is 47.3 Å². The zero-order valence-corrected chi connectivity index (χ0v) is 10.7. The van der Waals surface area contributed by atoms with E-state index in [4.69, 9.17) is 0 Å². The molecule has 0 bridgehead atoms. The number of anilines is 1. The molecule has 0 atom stereocenters. The highest BCUT2D eigenvalue weighted by molar-refractivity contribution is 5.40. The van der Waals surface area contributed by atoms with E-state index in [9.17, 15) is 0 Å². The standard InChI is InChI=1S/C12H22N4/c1-13-10-11-5-6-14-12(9-11)16(4)8-7-15(2)3/h5-6,9,13H,7-8,10H2,1-4H3. The summed E-state index contributed by atoms with van der Waals surface area (Å²) >= 11 is 0. The lowest BCUT2D eigenvalue weighted by atomic mass is 10.2. The van der Waals surface area contributed by atoms with Gasteiger partial charge in [-0.05, 0) is 38.8 Å². The van der Waals surface area contributed by atoms with Gasteiger partial charge < -0.3 is 15.1 Å². The second kappa shape index (κ2) is 6.45. The van der Waals surface area contributed by atoms with Crippen molar-refractivity contribution in [3.63, 3.8) is 0 Å². The highest BCUT2D eigenvalue weighted by atomic mass is 15.2. The zero-order valence-electron chi connectivity index (χ0n) is 10.7. The predicted molar refractivity (Wildman–Crippen MR) is 68.8 cm³/mol. The van der Waals surface area contributed by atoms with Crippen LogP contribution in [-0.4, -0.2) is 51.2 Å². The molecule has 0 aliphatic heterocycles. The molecule has 1 rings (SSSR count). The first-order valence-corrected chi connectivity index (χ1v) is 5.59. The first kappa shape index (κ1) is 12.9. The molecule has 16 heavy (non-hydrogen) atoms. The van der Waals surface area contributed by atoms with Crippen LogP contribution in [0.5, 0.6) is 0 Å². The van der Waals surface area contributed by atoms with Gasteiger partial charge in [-0.25, -0.2) is 4.98 Å². The molecule has 0 unspecified atom stereocenters. The molecule has 0 fully saturated rings. The molecule has 0 saturated heterocycles. The van der Waals surface area contributed by atoms with E-state index in [1.807, 2.05) is 19.3 Å². The smallest absolute Gasteiger partial charge is 0.128 e. The van der Waals surface area contributed by atoms with E-state index >= 15 is 0 Å². The Balaban J connectivity index is 2.60. The maximum absolute atomic E-state index is 4.38. The average Bonchev–Trinajstić information content (AvgIpc) is 2.26. The number of likely N-dealkylation sites (N-methyl/N-ethyl adjacent to an activating group) is 2. The summed E-state index contributed by atoms with van der Waals surface area (Å²) < 4.78 is 0. The Morgan fingerprint density at radius 2 is 2.00 bits per heavy atom. The van der Waals surface area contributed by atoms with Crippen LogP contribution in [-0.2, 0) is 6.54 Å². The van der Waals surface area contributed by atoms with Crippen molar-refractivity contribution in [1.82, 2.24) is 15.2 Å². The van der Waals surface area contributed by atoms with E-state index in [-0.39, 0.29) is 0 Å². The van der Waals surface area contributed by atoms with Crippen LogP contribution in [0.15, 0.2) is 18.3 Å². The molecule has 1 aromatic rings. The molecule has 4 heteroatoms. The van der Waals surface area contributed by atoms with Crippen LogP contribution < -0.4 is 10.2 Å². The molecule has 0 spiro atoms. The van der Waals surface area contributed by atoms with E-state index in [1.54, 1.807) is 0 Å². The van der Waals surface area contributed by atoms with Crippen molar-refractivity contribution < 1.29 is 0 Å². The van der Waals surface area contributed by atoms with Crippen molar-refractivity contribution in [2.24, 2.45) is 0 Å². The molecule has 1 heterocycles. The van der Waals surface area contributed by atoms with Crippen LogP contribution in [0, 0.1) is 0 Å². The van der Waals surface area contributed by atoms with E-state index in [0.717, 1.165) is 25.5 Å². The summed E-state index contributed by atoms with van der Waals surface area (Å²) in [6.07, 6.45) is 1.87. The van der Waals surface area contributed by atoms with Gasteiger partial charge in [-0.3, -0.25) is 0 Å². The number of hydrogen-bond donors (Lipinski definition) is 1. The molecule has 0 amide bonds. The monoisotopic (exact) mass is 222 g/mol. The highest BCUT2D eigenvalue weighted by Crippen LogP contribution is 2.10. The lowest BCUT2D eigenvalue weighted by Gasteiger charge is -2.20. The lowest BCUT2D eigenvalue weighted by Crippen LogP contribution is -2.29. The largest absolute Gasteiger partial charge is 0.358 e. The Morgan fingerprint density at radius 1 is 1.25 bits per heavy atom. The summed E-state index contributed by atoms with van der Waals surface area (Å²) in [5.41, 5.74) is 1.27. The van der Waals surface area contributed by atoms with E-state index in [1.165, 1.54) is 5.56 Å². The van der Waals surface area contributed by atoms with Crippen LogP contribution >= 0.6 is 0 Å². The molecular weight excluding hydrogens is 200 g/mol. The minimum Gasteiger partial charge on any atom is -0.358 e. The second-order valence-corrected chi connectivity index (χ2v) is 4.28. The second-order valence-electron chi connectivity index (χ2n) is 4.28. The minimum atomic E-state index is 0.886. The van der Waals surface area contributed by atoms with Crippen LogP contribution in [0.2, 0.25) is 0 Å². The normalized spacial score (nSPS) is 10.8. The fraction of sp³-hybridized carbons (Fsp3) is 0.583. The summed E-state index contributed by atoms with van der Waals surface area (Å²) in [6, 6.07) is 4.17. The van der Waals surface area contributed by atoms with E-state index < -0.39 is 0 Å². The number of nitrogens with one attached hydrogen (secondary N) is 1. The van der Waals surface area contributed by atoms with Gasteiger partial charge in [0.1, 0.15) is 5.82 Å². The Kier molecular flexibility index (Phi) is 5.22. The van der Waals surface area contributed by atoms with Gasteiger partial charge in [-0.15, -0.1) is 0 Å². The highest BCUT2D eigenvalue weighted by Gasteiger charge is 2.03. The number of hydrogen-bond acceptors (Lipinski definition) is 4. The molecule has 90 valence electrons. The van der Waals surface area contributed by atoms with Gasteiger partial charge in [0.25, 0.3) is 0 Å². The van der Waals surface area contributed by atoms with Crippen molar-refractivity contribution in [3.8, 4) is 0 Å². The number of pyridine rings is 1. The quantitative estimate of drug-likeness (QED) is 0.771. The van der Waals surface area contributed by atoms with Crippen LogP contribution in [0.1, 0.15) is 5.56 Å². The lowest BCUT2D eigenvalue weighted by molar-refractivity contribution is 0.416. The van der Waals surface area contributed by atoms with Gasteiger partial charge in [0.2, 0.25) is 0 Å². The molecule has 0 saturated carbocycles. The van der Waals surface area contributed by atoms with E-state index in [0.29, 0.717) is 0 Å². The van der Waals surface area contributed by atoms with Gasteiger partial charge in [-0.2, -0.15) is 0 Å². The van der Waals surface area contributed by atoms with Crippen molar-refractivity contribution in [3.05, 3.63) is 23.9 Å². The van der Waals surface area contributed by atoms with Gasteiger partial charge in [0, 0.05) is 32.9 Å². The van der Waals surface area contributed by atoms with Crippen molar-refractivity contribution in [2.45, 2.75) is 6.54 Å². The molecular formula is C12H22N4. The van der Waals surface area contributed by atoms with Gasteiger partial charge in [0.15, 0.2) is 0 Å². The summed E-state index contributed by atoms with van der Waals surface area (Å²) in [4.78, 5) is 8.73. The zero-order chi connectivity index (χ0) is 12.0. The average molecular weight is 222 g/mol. The predicted octanol–water partition coefficient (Wildman–Crippen LogP) is 0.799. The van der Waals surface area contributed by atoms with Crippen LogP contribution in [0.3, 0.4) is 0 Å². The minimum absolute atomic E-state index is 0.886. The number of aromatic nitrogens is 1. The third kappa shape index (κ3) is 4.16. The van der Waals surface area contributed by atoms with Gasteiger partial charge >= 0.3 is 0 Å².